The molecule has 0 spiro atoms. The predicted molar refractivity (Wildman–Crippen MR) is 77.1 cm³/mol. The minimum atomic E-state index is -0.417. The number of hydrogen-bond donors (Lipinski definition) is 1. The molecule has 0 aliphatic rings. The molecule has 0 fully saturated rings. The standard InChI is InChI=1S/C14H22N2O4/c1-4-11(2)20-14-9-12(10-15-7-8-19-3)5-6-13(14)16(17)18/h5-6,9,11,15H,4,7-8,10H2,1-3H3. The van der Waals surface area contributed by atoms with E-state index in [9.17, 15) is 10.1 Å². The van der Waals surface area contributed by atoms with Crippen LogP contribution in [0.4, 0.5) is 5.69 Å². The maximum Gasteiger partial charge on any atom is 0.310 e. The molecule has 112 valence electrons. The van der Waals surface area contributed by atoms with Gasteiger partial charge in [-0.25, -0.2) is 0 Å². The highest BCUT2D eigenvalue weighted by Gasteiger charge is 2.17. The molecule has 1 atom stereocenters. The van der Waals surface area contributed by atoms with Crippen molar-refractivity contribution in [1.82, 2.24) is 5.32 Å². The van der Waals surface area contributed by atoms with E-state index in [2.05, 4.69) is 5.32 Å². The van der Waals surface area contributed by atoms with Crippen molar-refractivity contribution in [3.63, 3.8) is 0 Å². The van der Waals surface area contributed by atoms with Crippen molar-refractivity contribution in [2.45, 2.75) is 32.9 Å². The number of benzene rings is 1. The van der Waals surface area contributed by atoms with Gasteiger partial charge in [-0.15, -0.1) is 0 Å². The van der Waals surface area contributed by atoms with Gasteiger partial charge in [0.2, 0.25) is 0 Å². The third-order valence-electron chi connectivity index (χ3n) is 2.94. The zero-order valence-electron chi connectivity index (χ0n) is 12.2. The average Bonchev–Trinajstić information content (AvgIpc) is 2.43. The van der Waals surface area contributed by atoms with Gasteiger partial charge in [0.1, 0.15) is 0 Å². The quantitative estimate of drug-likeness (QED) is 0.428. The fraction of sp³-hybridized carbons (Fsp3) is 0.571. The second-order valence-electron chi connectivity index (χ2n) is 4.57. The first kappa shape index (κ1) is 16.4. The Morgan fingerprint density at radius 1 is 1.45 bits per heavy atom. The van der Waals surface area contributed by atoms with Crippen LogP contribution >= 0.6 is 0 Å². The summed E-state index contributed by atoms with van der Waals surface area (Å²) in [4.78, 5) is 10.6. The molecule has 1 aromatic carbocycles. The maximum absolute atomic E-state index is 11.0. The number of nitro groups is 1. The average molecular weight is 282 g/mol. The first-order valence-electron chi connectivity index (χ1n) is 6.72. The monoisotopic (exact) mass is 282 g/mol. The summed E-state index contributed by atoms with van der Waals surface area (Å²) < 4.78 is 10.6. The first-order chi connectivity index (χ1) is 9.58. The molecule has 0 amide bonds. The van der Waals surface area contributed by atoms with Crippen molar-refractivity contribution in [1.29, 1.82) is 0 Å². The highest BCUT2D eigenvalue weighted by Crippen LogP contribution is 2.29. The number of nitrogens with one attached hydrogen (secondary N) is 1. The third kappa shape index (κ3) is 5.14. The summed E-state index contributed by atoms with van der Waals surface area (Å²) in [6.07, 6.45) is 0.749. The highest BCUT2D eigenvalue weighted by atomic mass is 16.6. The van der Waals surface area contributed by atoms with Gasteiger partial charge in [0, 0.05) is 26.3 Å². The van der Waals surface area contributed by atoms with Crippen LogP contribution in [0.15, 0.2) is 18.2 Å². The number of hydrogen-bond acceptors (Lipinski definition) is 5. The molecule has 6 heteroatoms. The van der Waals surface area contributed by atoms with E-state index in [1.165, 1.54) is 6.07 Å². The third-order valence-corrected chi connectivity index (χ3v) is 2.94. The lowest BCUT2D eigenvalue weighted by molar-refractivity contribution is -0.386. The molecule has 0 bridgehead atoms. The lowest BCUT2D eigenvalue weighted by atomic mass is 10.2. The van der Waals surface area contributed by atoms with Gasteiger partial charge in [0.25, 0.3) is 0 Å². The molecular weight excluding hydrogens is 260 g/mol. The van der Waals surface area contributed by atoms with Gasteiger partial charge >= 0.3 is 5.69 Å². The summed E-state index contributed by atoms with van der Waals surface area (Å²) in [6.45, 7) is 5.86. The van der Waals surface area contributed by atoms with Crippen LogP contribution in [0.2, 0.25) is 0 Å². The van der Waals surface area contributed by atoms with Crippen LogP contribution in [0.3, 0.4) is 0 Å². The molecule has 1 N–H and O–H groups in total. The topological polar surface area (TPSA) is 73.6 Å². The van der Waals surface area contributed by atoms with Crippen LogP contribution in [0.5, 0.6) is 5.75 Å². The summed E-state index contributed by atoms with van der Waals surface area (Å²) in [5.41, 5.74) is 0.955. The summed E-state index contributed by atoms with van der Waals surface area (Å²) in [7, 11) is 1.64. The molecule has 1 aromatic rings. The van der Waals surface area contributed by atoms with Crippen molar-refractivity contribution < 1.29 is 14.4 Å². The molecule has 0 heterocycles. The number of nitrogens with zero attached hydrogens (tertiary/aromatic N) is 1. The SMILES string of the molecule is CCC(C)Oc1cc(CNCCOC)ccc1[N+](=O)[O-]. The molecule has 0 aliphatic heterocycles. The van der Waals surface area contributed by atoms with E-state index in [1.807, 2.05) is 13.8 Å². The Morgan fingerprint density at radius 2 is 2.20 bits per heavy atom. The van der Waals surface area contributed by atoms with E-state index >= 15 is 0 Å². The van der Waals surface area contributed by atoms with Crippen LogP contribution in [0, 0.1) is 10.1 Å². The minimum Gasteiger partial charge on any atom is -0.484 e. The lowest BCUT2D eigenvalue weighted by Gasteiger charge is -2.14. The molecule has 0 radical (unpaired) electrons. The molecule has 6 nitrogen and oxygen atoms in total. The summed E-state index contributed by atoms with van der Waals surface area (Å²) >= 11 is 0. The fourth-order valence-electron chi connectivity index (χ4n) is 1.62. The fourth-order valence-corrected chi connectivity index (χ4v) is 1.62. The van der Waals surface area contributed by atoms with Crippen molar-refractivity contribution >= 4 is 5.69 Å². The summed E-state index contributed by atoms with van der Waals surface area (Å²) in [5, 5.41) is 14.2. The van der Waals surface area contributed by atoms with Gasteiger partial charge in [-0.05, 0) is 25.0 Å². The zero-order chi connectivity index (χ0) is 15.0. The Morgan fingerprint density at radius 3 is 2.80 bits per heavy atom. The van der Waals surface area contributed by atoms with Gasteiger partial charge in [-0.2, -0.15) is 0 Å². The molecule has 0 saturated heterocycles. The van der Waals surface area contributed by atoms with Crippen molar-refractivity contribution in [3.8, 4) is 5.75 Å². The minimum absolute atomic E-state index is 0.00550. The van der Waals surface area contributed by atoms with Crippen LogP contribution in [-0.2, 0) is 11.3 Å². The molecule has 1 unspecified atom stereocenters. The second-order valence-corrected chi connectivity index (χ2v) is 4.57. The van der Waals surface area contributed by atoms with Crippen molar-refractivity contribution in [3.05, 3.63) is 33.9 Å². The van der Waals surface area contributed by atoms with E-state index in [-0.39, 0.29) is 11.8 Å². The van der Waals surface area contributed by atoms with Crippen LogP contribution in [-0.4, -0.2) is 31.3 Å². The van der Waals surface area contributed by atoms with Gasteiger partial charge in [-0.1, -0.05) is 13.0 Å². The molecule has 20 heavy (non-hydrogen) atoms. The Bertz CT molecular complexity index is 437. The van der Waals surface area contributed by atoms with Gasteiger partial charge < -0.3 is 14.8 Å². The molecule has 1 rings (SSSR count). The van der Waals surface area contributed by atoms with Gasteiger partial charge in [0.05, 0.1) is 17.6 Å². The van der Waals surface area contributed by atoms with E-state index in [0.29, 0.717) is 18.9 Å². The van der Waals surface area contributed by atoms with E-state index in [4.69, 9.17) is 9.47 Å². The zero-order valence-corrected chi connectivity index (χ0v) is 12.2. The first-order valence-corrected chi connectivity index (χ1v) is 6.72. The smallest absolute Gasteiger partial charge is 0.310 e. The Balaban J connectivity index is 2.78. The number of rotatable bonds is 9. The van der Waals surface area contributed by atoms with Crippen LogP contribution < -0.4 is 10.1 Å². The molecule has 0 aliphatic carbocycles. The molecule has 0 aromatic heterocycles. The van der Waals surface area contributed by atoms with Crippen molar-refractivity contribution in [2.24, 2.45) is 0 Å². The number of nitro benzene ring substituents is 1. The van der Waals surface area contributed by atoms with Crippen LogP contribution in [0.1, 0.15) is 25.8 Å². The van der Waals surface area contributed by atoms with Crippen LogP contribution in [0.25, 0.3) is 0 Å². The van der Waals surface area contributed by atoms with Crippen molar-refractivity contribution in [2.75, 3.05) is 20.3 Å². The predicted octanol–water partition coefficient (Wildman–Crippen LogP) is 2.51. The number of ether oxygens (including phenoxy) is 2. The lowest BCUT2D eigenvalue weighted by Crippen LogP contribution is -2.18. The molecular formula is C14H22N2O4. The Hall–Kier alpha value is -1.66. The van der Waals surface area contributed by atoms with E-state index in [1.54, 1.807) is 19.2 Å². The van der Waals surface area contributed by atoms with E-state index in [0.717, 1.165) is 18.5 Å². The van der Waals surface area contributed by atoms with Gasteiger partial charge in [0.15, 0.2) is 5.75 Å². The Kier molecular flexibility index (Phi) is 6.97. The summed E-state index contributed by atoms with van der Waals surface area (Å²) in [6, 6.07) is 4.95. The maximum atomic E-state index is 11.0. The second kappa shape index (κ2) is 8.50. The largest absolute Gasteiger partial charge is 0.484 e. The normalized spacial score (nSPS) is 12.2. The van der Waals surface area contributed by atoms with Gasteiger partial charge in [-0.3, -0.25) is 10.1 Å². The Labute approximate surface area is 119 Å². The summed E-state index contributed by atoms with van der Waals surface area (Å²) in [5.74, 6) is 0.329. The molecule has 0 saturated carbocycles. The van der Waals surface area contributed by atoms with E-state index < -0.39 is 4.92 Å². The highest BCUT2D eigenvalue weighted by molar-refractivity contribution is 5.48. The number of methoxy groups -OCH3 is 1.